The van der Waals surface area contributed by atoms with Crippen molar-refractivity contribution < 1.29 is 13.6 Å². The molecule has 0 aromatic carbocycles. The second kappa shape index (κ2) is 9.46. The monoisotopic (exact) mass is 415 g/mol. The molecule has 1 aromatic heterocycles. The molecule has 0 spiro atoms. The van der Waals surface area contributed by atoms with Crippen molar-refractivity contribution in [3.05, 3.63) is 22.4 Å². The summed E-state index contributed by atoms with van der Waals surface area (Å²) in [6.45, 7) is 1.17. The maximum atomic E-state index is 13.2. The van der Waals surface area contributed by atoms with Gasteiger partial charge in [-0.25, -0.2) is 8.78 Å². The SMILES string of the molecule is CN1CCCC(CNC(=O)C2CC(F)(F)CN2)C1c1cccs1.Cl.Cl. The highest BCUT2D eigenvalue weighted by atomic mass is 35.5. The first-order chi connectivity index (χ1) is 11.0. The third-order valence-corrected chi connectivity index (χ3v) is 5.75. The summed E-state index contributed by atoms with van der Waals surface area (Å²) in [4.78, 5) is 15.8. The van der Waals surface area contributed by atoms with Gasteiger partial charge in [-0.05, 0) is 43.8 Å². The number of hydrogen-bond acceptors (Lipinski definition) is 4. The largest absolute Gasteiger partial charge is 0.354 e. The summed E-state index contributed by atoms with van der Waals surface area (Å²) in [6, 6.07) is 3.70. The molecule has 3 rings (SSSR count). The van der Waals surface area contributed by atoms with Crippen molar-refractivity contribution in [2.45, 2.75) is 37.3 Å². The van der Waals surface area contributed by atoms with Crippen LogP contribution >= 0.6 is 36.2 Å². The Morgan fingerprint density at radius 3 is 2.84 bits per heavy atom. The Labute approximate surface area is 163 Å². The number of carbonyl (C=O) groups is 1. The Bertz CT molecular complexity index is 547. The van der Waals surface area contributed by atoms with Gasteiger partial charge < -0.3 is 5.32 Å². The Kier molecular flexibility index (Phi) is 8.54. The summed E-state index contributed by atoms with van der Waals surface area (Å²) < 4.78 is 26.4. The first-order valence-corrected chi connectivity index (χ1v) is 8.97. The molecule has 0 saturated carbocycles. The molecule has 2 saturated heterocycles. The predicted molar refractivity (Wildman–Crippen MR) is 101 cm³/mol. The maximum Gasteiger partial charge on any atom is 0.262 e. The smallest absolute Gasteiger partial charge is 0.262 e. The van der Waals surface area contributed by atoms with Crippen molar-refractivity contribution in [3.8, 4) is 0 Å². The van der Waals surface area contributed by atoms with Crippen LogP contribution in [0.2, 0.25) is 0 Å². The van der Waals surface area contributed by atoms with Gasteiger partial charge in [-0.3, -0.25) is 15.0 Å². The maximum absolute atomic E-state index is 13.2. The van der Waals surface area contributed by atoms with Crippen LogP contribution in [-0.4, -0.2) is 49.5 Å². The van der Waals surface area contributed by atoms with Gasteiger partial charge in [-0.15, -0.1) is 36.2 Å². The average molecular weight is 416 g/mol. The van der Waals surface area contributed by atoms with Gasteiger partial charge in [0.2, 0.25) is 5.91 Å². The number of alkyl halides is 2. The lowest BCUT2D eigenvalue weighted by Gasteiger charge is -2.39. The van der Waals surface area contributed by atoms with E-state index in [9.17, 15) is 13.6 Å². The van der Waals surface area contributed by atoms with E-state index >= 15 is 0 Å². The van der Waals surface area contributed by atoms with Gasteiger partial charge in [-0.2, -0.15) is 0 Å². The summed E-state index contributed by atoms with van der Waals surface area (Å²) in [6.07, 6.45) is 1.73. The lowest BCUT2D eigenvalue weighted by atomic mass is 9.88. The summed E-state index contributed by atoms with van der Waals surface area (Å²) >= 11 is 1.73. The van der Waals surface area contributed by atoms with Crippen LogP contribution in [0.1, 0.15) is 30.2 Å². The van der Waals surface area contributed by atoms with Gasteiger partial charge in [0.1, 0.15) is 0 Å². The van der Waals surface area contributed by atoms with Crippen LogP contribution < -0.4 is 10.6 Å². The second-order valence-electron chi connectivity index (χ2n) is 6.58. The molecule has 9 heteroatoms. The fourth-order valence-corrected chi connectivity index (χ4v) is 4.62. The van der Waals surface area contributed by atoms with Crippen LogP contribution in [0.25, 0.3) is 0 Å². The third-order valence-electron chi connectivity index (χ3n) is 4.81. The number of amides is 1. The Balaban J connectivity index is 0.00000156. The molecular weight excluding hydrogens is 391 g/mol. The molecule has 0 bridgehead atoms. The summed E-state index contributed by atoms with van der Waals surface area (Å²) in [5, 5.41) is 7.57. The number of halogens is 4. The molecule has 2 N–H and O–H groups in total. The van der Waals surface area contributed by atoms with Crippen LogP contribution in [0, 0.1) is 5.92 Å². The number of hydrogen-bond donors (Lipinski definition) is 2. The van der Waals surface area contributed by atoms with E-state index in [2.05, 4.69) is 34.0 Å². The normalized spacial score (nSPS) is 28.7. The van der Waals surface area contributed by atoms with E-state index in [1.54, 1.807) is 11.3 Å². The third kappa shape index (κ3) is 5.50. The van der Waals surface area contributed by atoms with Gasteiger partial charge in [0.05, 0.1) is 12.6 Å². The Morgan fingerprint density at radius 2 is 2.24 bits per heavy atom. The fourth-order valence-electron chi connectivity index (χ4n) is 3.64. The molecule has 2 aliphatic heterocycles. The molecule has 3 heterocycles. The number of nitrogens with one attached hydrogen (secondary N) is 2. The quantitative estimate of drug-likeness (QED) is 0.793. The Hall–Kier alpha value is -0.470. The van der Waals surface area contributed by atoms with E-state index in [1.165, 1.54) is 4.88 Å². The fraction of sp³-hybridized carbons (Fsp3) is 0.688. The van der Waals surface area contributed by atoms with Crippen LogP contribution in [0.15, 0.2) is 17.5 Å². The molecule has 3 atom stereocenters. The van der Waals surface area contributed by atoms with Gasteiger partial charge in [0.15, 0.2) is 0 Å². The summed E-state index contributed by atoms with van der Waals surface area (Å²) in [5.41, 5.74) is 0. The molecule has 0 aliphatic carbocycles. The highest BCUT2D eigenvalue weighted by molar-refractivity contribution is 7.10. The molecule has 1 aromatic rings. The van der Waals surface area contributed by atoms with E-state index in [4.69, 9.17) is 0 Å². The van der Waals surface area contributed by atoms with Crippen LogP contribution in [0.4, 0.5) is 8.78 Å². The molecule has 25 heavy (non-hydrogen) atoms. The molecule has 2 fully saturated rings. The second-order valence-corrected chi connectivity index (χ2v) is 7.56. The lowest BCUT2D eigenvalue weighted by molar-refractivity contribution is -0.123. The van der Waals surface area contributed by atoms with Crippen molar-refractivity contribution in [2.24, 2.45) is 5.92 Å². The zero-order valence-corrected chi connectivity index (χ0v) is 16.5. The van der Waals surface area contributed by atoms with E-state index < -0.39 is 24.9 Å². The highest BCUT2D eigenvalue weighted by Gasteiger charge is 2.42. The number of carbonyl (C=O) groups excluding carboxylic acids is 1. The van der Waals surface area contributed by atoms with Crippen molar-refractivity contribution in [3.63, 3.8) is 0 Å². The molecule has 2 aliphatic rings. The zero-order valence-electron chi connectivity index (χ0n) is 14.0. The first kappa shape index (κ1) is 22.6. The average Bonchev–Trinajstić information content (AvgIpc) is 3.14. The van der Waals surface area contributed by atoms with Crippen molar-refractivity contribution in [2.75, 3.05) is 26.7 Å². The van der Waals surface area contributed by atoms with Crippen molar-refractivity contribution >= 4 is 42.1 Å². The number of rotatable bonds is 4. The number of nitrogens with zero attached hydrogens (tertiary/aromatic N) is 1. The molecule has 144 valence electrons. The van der Waals surface area contributed by atoms with Gasteiger partial charge in [0.25, 0.3) is 5.92 Å². The molecule has 4 nitrogen and oxygen atoms in total. The zero-order chi connectivity index (χ0) is 16.4. The van der Waals surface area contributed by atoms with Gasteiger partial charge >= 0.3 is 0 Å². The topological polar surface area (TPSA) is 44.4 Å². The highest BCUT2D eigenvalue weighted by Crippen LogP contribution is 2.36. The standard InChI is InChI=1S/C16H23F2N3OS.2ClH/c1-21-6-2-4-11(14(21)13-5-3-7-23-13)9-19-15(22)12-8-16(17,18)10-20-12;;/h3,5,7,11-12,14,20H,2,4,6,8-10H2,1H3,(H,19,22);2*1H. The van der Waals surface area contributed by atoms with Crippen LogP contribution in [0.3, 0.4) is 0 Å². The molecule has 3 unspecified atom stereocenters. The molecular formula is C16H25Cl2F2N3OS. The minimum absolute atomic E-state index is 0. The van der Waals surface area contributed by atoms with E-state index in [0.717, 1.165) is 19.4 Å². The summed E-state index contributed by atoms with van der Waals surface area (Å²) in [7, 11) is 2.11. The molecule has 0 radical (unpaired) electrons. The van der Waals surface area contributed by atoms with Crippen LogP contribution in [-0.2, 0) is 4.79 Å². The Morgan fingerprint density at radius 1 is 1.48 bits per heavy atom. The number of likely N-dealkylation sites (tertiary alicyclic amines) is 1. The van der Waals surface area contributed by atoms with E-state index in [1.807, 2.05) is 6.07 Å². The van der Waals surface area contributed by atoms with Crippen molar-refractivity contribution in [1.82, 2.24) is 15.5 Å². The molecule has 1 amide bonds. The minimum Gasteiger partial charge on any atom is -0.354 e. The van der Waals surface area contributed by atoms with Crippen LogP contribution in [0.5, 0.6) is 0 Å². The van der Waals surface area contributed by atoms with Gasteiger partial charge in [-0.1, -0.05) is 6.07 Å². The predicted octanol–water partition coefficient (Wildman–Crippen LogP) is 3.09. The number of piperidine rings is 1. The number of thiophene rings is 1. The first-order valence-electron chi connectivity index (χ1n) is 8.09. The van der Waals surface area contributed by atoms with E-state index in [0.29, 0.717) is 18.5 Å². The van der Waals surface area contributed by atoms with Crippen molar-refractivity contribution in [1.29, 1.82) is 0 Å². The van der Waals surface area contributed by atoms with Gasteiger partial charge in [0, 0.05) is 23.9 Å². The lowest BCUT2D eigenvalue weighted by Crippen LogP contribution is -2.45. The summed E-state index contributed by atoms with van der Waals surface area (Å²) in [5.74, 6) is -2.76. The van der Waals surface area contributed by atoms with E-state index in [-0.39, 0.29) is 30.7 Å². The minimum atomic E-state index is -2.77.